The second-order valence-electron chi connectivity index (χ2n) is 5.35. The van der Waals surface area contributed by atoms with Gasteiger partial charge in [0, 0.05) is 24.7 Å². The summed E-state index contributed by atoms with van der Waals surface area (Å²) in [5, 5.41) is 3.24. The number of rotatable bonds is 6. The summed E-state index contributed by atoms with van der Waals surface area (Å²) in [7, 11) is 1.82. The van der Waals surface area contributed by atoms with Gasteiger partial charge < -0.3 is 10.1 Å². The average molecular weight is 315 g/mol. The number of hydrogen-bond acceptors (Lipinski definition) is 3. The van der Waals surface area contributed by atoms with Gasteiger partial charge in [-0.2, -0.15) is 0 Å². The predicted molar refractivity (Wildman–Crippen MR) is 79.7 cm³/mol. The minimum absolute atomic E-state index is 0.0498. The van der Waals surface area contributed by atoms with Gasteiger partial charge in [0.1, 0.15) is 5.82 Å². The third-order valence-corrected chi connectivity index (χ3v) is 3.77. The highest BCUT2D eigenvalue weighted by Gasteiger charge is 2.16. The molecule has 1 saturated heterocycles. The second-order valence-corrected chi connectivity index (χ2v) is 5.75. The van der Waals surface area contributed by atoms with E-state index in [0.717, 1.165) is 25.0 Å². The zero-order valence-corrected chi connectivity index (χ0v) is 12.8. The second kappa shape index (κ2) is 7.73. The topological polar surface area (TPSA) is 41.6 Å². The van der Waals surface area contributed by atoms with Crippen molar-refractivity contribution in [2.24, 2.45) is 0 Å². The molecule has 1 N–H and O–H groups in total. The van der Waals surface area contributed by atoms with Crippen LogP contribution in [0.15, 0.2) is 18.2 Å². The molecule has 4 nitrogen and oxygen atoms in total. The summed E-state index contributed by atoms with van der Waals surface area (Å²) < 4.78 is 18.4. The molecule has 1 amide bonds. The molecule has 0 bridgehead atoms. The number of carbonyl (C=O) groups excluding carboxylic acids is 1. The van der Waals surface area contributed by atoms with E-state index in [4.69, 9.17) is 16.3 Å². The van der Waals surface area contributed by atoms with Crippen LogP contribution in [0.1, 0.15) is 18.4 Å². The smallest absolute Gasteiger partial charge is 0.234 e. The third kappa shape index (κ3) is 5.26. The zero-order chi connectivity index (χ0) is 15.2. The Morgan fingerprint density at radius 2 is 2.38 bits per heavy atom. The molecule has 0 aliphatic carbocycles. The molecule has 0 spiro atoms. The molecule has 1 atom stereocenters. The van der Waals surface area contributed by atoms with Crippen molar-refractivity contribution >= 4 is 17.5 Å². The number of carbonyl (C=O) groups is 1. The highest BCUT2D eigenvalue weighted by Crippen LogP contribution is 2.18. The van der Waals surface area contributed by atoms with E-state index in [0.29, 0.717) is 18.1 Å². The first kappa shape index (κ1) is 16.2. The lowest BCUT2D eigenvalue weighted by molar-refractivity contribution is -0.122. The summed E-state index contributed by atoms with van der Waals surface area (Å²) in [5.74, 6) is -0.410. The lowest BCUT2D eigenvalue weighted by Crippen LogP contribution is -2.38. The molecule has 1 aliphatic heterocycles. The first-order valence-electron chi connectivity index (χ1n) is 7.05. The standard InChI is InChI=1S/C15H20ClFN2O2/c1-19(9-11-4-5-12(17)7-14(11)16)10-15(20)18-8-13-3-2-6-21-13/h4-5,7,13H,2-3,6,8-10H2,1H3,(H,18,20)/t13-/m0/s1. The van der Waals surface area contributed by atoms with Crippen LogP contribution in [-0.2, 0) is 16.1 Å². The lowest BCUT2D eigenvalue weighted by Gasteiger charge is -2.18. The Morgan fingerprint density at radius 3 is 3.05 bits per heavy atom. The van der Waals surface area contributed by atoms with Crippen LogP contribution >= 0.6 is 11.6 Å². The number of benzene rings is 1. The molecule has 2 rings (SSSR count). The van der Waals surface area contributed by atoms with E-state index in [2.05, 4.69) is 5.32 Å². The molecule has 116 valence electrons. The lowest BCUT2D eigenvalue weighted by atomic mass is 10.2. The molecular weight excluding hydrogens is 295 g/mol. The molecule has 1 aromatic rings. The molecule has 0 saturated carbocycles. The summed E-state index contributed by atoms with van der Waals surface area (Å²) in [6.45, 7) is 2.10. The van der Waals surface area contributed by atoms with Crippen LogP contribution in [0, 0.1) is 5.82 Å². The van der Waals surface area contributed by atoms with E-state index in [1.807, 2.05) is 11.9 Å². The SMILES string of the molecule is CN(CC(=O)NC[C@@H]1CCCO1)Cc1ccc(F)cc1Cl. The zero-order valence-electron chi connectivity index (χ0n) is 12.1. The molecule has 0 radical (unpaired) electrons. The fourth-order valence-corrected chi connectivity index (χ4v) is 2.56. The summed E-state index contributed by atoms with van der Waals surface area (Å²) in [6, 6.07) is 4.28. The van der Waals surface area contributed by atoms with E-state index in [9.17, 15) is 9.18 Å². The van der Waals surface area contributed by atoms with Gasteiger partial charge in [0.2, 0.25) is 5.91 Å². The highest BCUT2D eigenvalue weighted by atomic mass is 35.5. The van der Waals surface area contributed by atoms with Crippen LogP contribution in [0.4, 0.5) is 4.39 Å². The maximum Gasteiger partial charge on any atom is 0.234 e. The van der Waals surface area contributed by atoms with Crippen molar-refractivity contribution in [1.82, 2.24) is 10.2 Å². The fraction of sp³-hybridized carbons (Fsp3) is 0.533. The first-order chi connectivity index (χ1) is 10.0. The summed E-state index contributed by atoms with van der Waals surface area (Å²) in [4.78, 5) is 13.7. The normalized spacial score (nSPS) is 18.2. The number of hydrogen-bond donors (Lipinski definition) is 1. The van der Waals surface area contributed by atoms with E-state index < -0.39 is 0 Å². The van der Waals surface area contributed by atoms with Crippen molar-refractivity contribution in [3.05, 3.63) is 34.6 Å². The maximum absolute atomic E-state index is 13.0. The van der Waals surface area contributed by atoms with Gasteiger partial charge >= 0.3 is 0 Å². The number of nitrogens with zero attached hydrogens (tertiary/aromatic N) is 1. The van der Waals surface area contributed by atoms with E-state index in [1.54, 1.807) is 6.07 Å². The molecule has 6 heteroatoms. The molecule has 21 heavy (non-hydrogen) atoms. The molecule has 0 aromatic heterocycles. The Labute approximate surface area is 129 Å². The van der Waals surface area contributed by atoms with Crippen molar-refractivity contribution in [3.8, 4) is 0 Å². The summed E-state index contributed by atoms with van der Waals surface area (Å²) >= 11 is 5.97. The van der Waals surface area contributed by atoms with Crippen molar-refractivity contribution in [2.75, 3.05) is 26.7 Å². The van der Waals surface area contributed by atoms with E-state index in [-0.39, 0.29) is 24.4 Å². The Balaban J connectivity index is 1.75. The van der Waals surface area contributed by atoms with Crippen LogP contribution in [0.25, 0.3) is 0 Å². The van der Waals surface area contributed by atoms with Gasteiger partial charge in [0.25, 0.3) is 0 Å². The average Bonchev–Trinajstić information content (AvgIpc) is 2.93. The van der Waals surface area contributed by atoms with E-state index in [1.165, 1.54) is 12.1 Å². The summed E-state index contributed by atoms with van der Waals surface area (Å²) in [5.41, 5.74) is 0.799. The number of halogens is 2. The molecule has 1 aromatic carbocycles. The van der Waals surface area contributed by atoms with Crippen LogP contribution in [0.2, 0.25) is 5.02 Å². The van der Waals surface area contributed by atoms with E-state index >= 15 is 0 Å². The largest absolute Gasteiger partial charge is 0.376 e. The molecule has 1 aliphatic rings. The Morgan fingerprint density at radius 1 is 1.57 bits per heavy atom. The number of likely N-dealkylation sites (N-methyl/N-ethyl adjacent to an activating group) is 1. The monoisotopic (exact) mass is 314 g/mol. The van der Waals surface area contributed by atoms with Crippen molar-refractivity contribution in [3.63, 3.8) is 0 Å². The van der Waals surface area contributed by atoms with Gasteiger partial charge in [-0.25, -0.2) is 4.39 Å². The van der Waals surface area contributed by atoms with Gasteiger partial charge in [0.15, 0.2) is 0 Å². The Hall–Kier alpha value is -1.17. The van der Waals surface area contributed by atoms with Crippen LogP contribution in [0.3, 0.4) is 0 Å². The molecule has 0 unspecified atom stereocenters. The van der Waals surface area contributed by atoms with Crippen LogP contribution in [0.5, 0.6) is 0 Å². The van der Waals surface area contributed by atoms with Crippen LogP contribution in [-0.4, -0.2) is 43.7 Å². The van der Waals surface area contributed by atoms with Gasteiger partial charge in [-0.05, 0) is 37.6 Å². The number of nitrogens with one attached hydrogen (secondary N) is 1. The minimum Gasteiger partial charge on any atom is -0.376 e. The maximum atomic E-state index is 13.0. The van der Waals surface area contributed by atoms with Crippen molar-refractivity contribution < 1.29 is 13.9 Å². The molecule has 1 fully saturated rings. The van der Waals surface area contributed by atoms with Gasteiger partial charge in [-0.3, -0.25) is 9.69 Å². The Kier molecular flexibility index (Phi) is 5.96. The first-order valence-corrected chi connectivity index (χ1v) is 7.43. The Bertz CT molecular complexity index is 493. The number of ether oxygens (including phenoxy) is 1. The third-order valence-electron chi connectivity index (χ3n) is 3.42. The van der Waals surface area contributed by atoms with Crippen molar-refractivity contribution in [2.45, 2.75) is 25.5 Å². The van der Waals surface area contributed by atoms with Gasteiger partial charge in [-0.15, -0.1) is 0 Å². The number of amides is 1. The van der Waals surface area contributed by atoms with Crippen molar-refractivity contribution in [1.29, 1.82) is 0 Å². The van der Waals surface area contributed by atoms with Gasteiger partial charge in [0.05, 0.1) is 12.6 Å². The van der Waals surface area contributed by atoms with Crippen LogP contribution < -0.4 is 5.32 Å². The van der Waals surface area contributed by atoms with Gasteiger partial charge in [-0.1, -0.05) is 17.7 Å². The minimum atomic E-state index is -0.360. The highest BCUT2D eigenvalue weighted by molar-refractivity contribution is 6.31. The fourth-order valence-electron chi connectivity index (χ4n) is 2.33. The quantitative estimate of drug-likeness (QED) is 0.875. The molecular formula is C15H20ClFN2O2. The predicted octanol–water partition coefficient (Wildman–Crippen LogP) is 2.21. The summed E-state index contributed by atoms with van der Waals surface area (Å²) in [6.07, 6.45) is 2.20. The molecule has 1 heterocycles.